The second kappa shape index (κ2) is 5.01. The minimum atomic E-state index is -0.881. The molecule has 3 N–H and O–H groups in total. The van der Waals surface area contributed by atoms with Crippen LogP contribution in [0.5, 0.6) is 0 Å². The predicted molar refractivity (Wildman–Crippen MR) is 59.0 cm³/mol. The molecule has 0 aliphatic carbocycles. The molecule has 84 valence electrons. The number of nitrogens with one attached hydrogen (secondary N) is 1. The summed E-state index contributed by atoms with van der Waals surface area (Å²) in [6.45, 7) is 3.89. The van der Waals surface area contributed by atoms with Crippen molar-refractivity contribution in [1.82, 2.24) is 5.43 Å². The number of benzene rings is 1. The molecular weight excluding hydrogens is 266 g/mol. The first-order valence-corrected chi connectivity index (χ1v) is 5.37. The van der Waals surface area contributed by atoms with Crippen molar-refractivity contribution in [3.63, 3.8) is 0 Å². The number of halogens is 3. The first-order valence-electron chi connectivity index (χ1n) is 4.58. The zero-order chi connectivity index (χ0) is 11.6. The third-order valence-corrected chi connectivity index (χ3v) is 3.05. The zero-order valence-electron chi connectivity index (χ0n) is 8.52. The summed E-state index contributed by atoms with van der Waals surface area (Å²) in [5.74, 6) is 3.80. The van der Waals surface area contributed by atoms with Gasteiger partial charge in [0, 0.05) is 6.04 Å². The van der Waals surface area contributed by atoms with E-state index in [1.165, 1.54) is 6.07 Å². The number of nitrogens with two attached hydrogens (primary N) is 1. The van der Waals surface area contributed by atoms with Gasteiger partial charge in [-0.1, -0.05) is 19.9 Å². The first kappa shape index (κ1) is 12.5. The average Bonchev–Trinajstić information content (AvgIpc) is 2.18. The van der Waals surface area contributed by atoms with Crippen LogP contribution >= 0.6 is 15.9 Å². The van der Waals surface area contributed by atoms with Crippen LogP contribution in [0.1, 0.15) is 25.5 Å². The van der Waals surface area contributed by atoms with Crippen LogP contribution in [-0.2, 0) is 0 Å². The highest BCUT2D eigenvalue weighted by molar-refractivity contribution is 9.10. The van der Waals surface area contributed by atoms with Crippen molar-refractivity contribution in [1.29, 1.82) is 0 Å². The average molecular weight is 279 g/mol. The largest absolute Gasteiger partial charge is 0.271 e. The molecule has 1 rings (SSSR count). The Morgan fingerprint density at radius 3 is 2.40 bits per heavy atom. The highest BCUT2D eigenvalue weighted by atomic mass is 79.9. The fourth-order valence-electron chi connectivity index (χ4n) is 1.42. The van der Waals surface area contributed by atoms with Crippen LogP contribution in [0.2, 0.25) is 0 Å². The van der Waals surface area contributed by atoms with Crippen LogP contribution in [0.3, 0.4) is 0 Å². The van der Waals surface area contributed by atoms with Crippen molar-refractivity contribution < 1.29 is 8.78 Å². The number of rotatable bonds is 3. The van der Waals surface area contributed by atoms with E-state index in [1.807, 2.05) is 13.8 Å². The molecule has 2 nitrogen and oxygen atoms in total. The summed E-state index contributed by atoms with van der Waals surface area (Å²) in [6.07, 6.45) is 0. The molecule has 0 aliphatic heterocycles. The van der Waals surface area contributed by atoms with E-state index < -0.39 is 11.6 Å². The van der Waals surface area contributed by atoms with E-state index >= 15 is 0 Å². The Bertz CT molecular complexity index is 356. The van der Waals surface area contributed by atoms with Crippen molar-refractivity contribution in [2.24, 2.45) is 11.8 Å². The lowest BCUT2D eigenvalue weighted by molar-refractivity contribution is 0.414. The fourth-order valence-corrected chi connectivity index (χ4v) is 1.99. The quantitative estimate of drug-likeness (QED) is 0.507. The van der Waals surface area contributed by atoms with Crippen LogP contribution in [0, 0.1) is 17.6 Å². The number of hydrogen-bond acceptors (Lipinski definition) is 2. The molecule has 0 aliphatic rings. The first-order chi connectivity index (χ1) is 6.99. The number of hydrogen-bond donors (Lipinski definition) is 2. The van der Waals surface area contributed by atoms with Crippen molar-refractivity contribution in [3.8, 4) is 0 Å². The Labute approximate surface area is 95.9 Å². The highest BCUT2D eigenvalue weighted by Crippen LogP contribution is 2.30. The second-order valence-corrected chi connectivity index (χ2v) is 4.45. The minimum absolute atomic E-state index is 0.124. The Hall–Kier alpha value is -0.520. The summed E-state index contributed by atoms with van der Waals surface area (Å²) >= 11 is 3.03. The fraction of sp³-hybridized carbons (Fsp3) is 0.400. The lowest BCUT2D eigenvalue weighted by Crippen LogP contribution is -2.32. The summed E-state index contributed by atoms with van der Waals surface area (Å²) in [6, 6.07) is 2.41. The lowest BCUT2D eigenvalue weighted by atomic mass is 9.96. The Morgan fingerprint density at radius 1 is 1.33 bits per heavy atom. The van der Waals surface area contributed by atoms with Gasteiger partial charge in [-0.3, -0.25) is 11.3 Å². The normalized spacial score (nSPS) is 13.3. The summed E-state index contributed by atoms with van der Waals surface area (Å²) in [5.41, 5.74) is 3.20. The molecule has 0 fully saturated rings. The van der Waals surface area contributed by atoms with Gasteiger partial charge in [0.05, 0.1) is 4.47 Å². The smallest absolute Gasteiger partial charge is 0.173 e. The molecule has 0 saturated carbocycles. The van der Waals surface area contributed by atoms with Crippen molar-refractivity contribution >= 4 is 15.9 Å². The molecule has 0 heterocycles. The zero-order valence-corrected chi connectivity index (χ0v) is 10.1. The lowest BCUT2D eigenvalue weighted by Gasteiger charge is -2.21. The van der Waals surface area contributed by atoms with Gasteiger partial charge in [-0.2, -0.15) is 0 Å². The van der Waals surface area contributed by atoms with Gasteiger partial charge in [0.15, 0.2) is 11.6 Å². The maximum atomic E-state index is 13.3. The van der Waals surface area contributed by atoms with Crippen LogP contribution in [-0.4, -0.2) is 0 Å². The third kappa shape index (κ3) is 2.53. The van der Waals surface area contributed by atoms with Crippen LogP contribution < -0.4 is 11.3 Å². The van der Waals surface area contributed by atoms with E-state index in [4.69, 9.17) is 5.84 Å². The van der Waals surface area contributed by atoms with E-state index in [0.29, 0.717) is 5.56 Å². The van der Waals surface area contributed by atoms with E-state index in [0.717, 1.165) is 6.07 Å². The molecular formula is C10H13BrF2N2. The van der Waals surface area contributed by atoms with E-state index in [9.17, 15) is 8.78 Å². The van der Waals surface area contributed by atoms with Crippen LogP contribution in [0.15, 0.2) is 16.6 Å². The van der Waals surface area contributed by atoms with E-state index in [-0.39, 0.29) is 16.4 Å². The molecule has 0 spiro atoms. The Balaban J connectivity index is 3.19. The molecule has 15 heavy (non-hydrogen) atoms. The van der Waals surface area contributed by atoms with Crippen molar-refractivity contribution in [2.75, 3.05) is 0 Å². The van der Waals surface area contributed by atoms with Crippen LogP contribution in [0.4, 0.5) is 8.78 Å². The molecule has 1 aromatic carbocycles. The molecule has 1 aromatic rings. The van der Waals surface area contributed by atoms with E-state index in [2.05, 4.69) is 21.4 Å². The van der Waals surface area contributed by atoms with Gasteiger partial charge in [-0.25, -0.2) is 8.78 Å². The summed E-state index contributed by atoms with van der Waals surface area (Å²) in [5, 5.41) is 0. The topological polar surface area (TPSA) is 38.0 Å². The predicted octanol–water partition coefficient (Wildman–Crippen LogP) is 2.89. The number of hydrazine groups is 1. The van der Waals surface area contributed by atoms with Gasteiger partial charge in [0.2, 0.25) is 0 Å². The molecule has 0 aromatic heterocycles. The maximum Gasteiger partial charge on any atom is 0.173 e. The molecule has 1 unspecified atom stereocenters. The van der Waals surface area contributed by atoms with Crippen molar-refractivity contribution in [2.45, 2.75) is 19.9 Å². The van der Waals surface area contributed by atoms with Gasteiger partial charge in [-0.05, 0) is 33.5 Å². The van der Waals surface area contributed by atoms with Gasteiger partial charge >= 0.3 is 0 Å². The molecule has 0 amide bonds. The van der Waals surface area contributed by atoms with Gasteiger partial charge in [0.1, 0.15) is 0 Å². The monoisotopic (exact) mass is 278 g/mol. The highest BCUT2D eigenvalue weighted by Gasteiger charge is 2.20. The summed E-state index contributed by atoms with van der Waals surface area (Å²) in [4.78, 5) is 0. The van der Waals surface area contributed by atoms with E-state index in [1.54, 1.807) is 0 Å². The molecule has 0 bridgehead atoms. The maximum absolute atomic E-state index is 13.3. The minimum Gasteiger partial charge on any atom is -0.271 e. The molecule has 5 heteroatoms. The SMILES string of the molecule is CC(C)C(NN)c1ccc(F)c(F)c1Br. The Morgan fingerprint density at radius 2 is 1.93 bits per heavy atom. The second-order valence-electron chi connectivity index (χ2n) is 3.65. The summed E-state index contributed by atoms with van der Waals surface area (Å²) in [7, 11) is 0. The molecule has 0 saturated heterocycles. The van der Waals surface area contributed by atoms with Gasteiger partial charge < -0.3 is 0 Å². The molecule has 1 atom stereocenters. The van der Waals surface area contributed by atoms with Gasteiger partial charge in [-0.15, -0.1) is 0 Å². The van der Waals surface area contributed by atoms with Crippen LogP contribution in [0.25, 0.3) is 0 Å². The van der Waals surface area contributed by atoms with Gasteiger partial charge in [0.25, 0.3) is 0 Å². The standard InChI is InChI=1S/C10H13BrF2N2/c1-5(2)10(15-14)6-3-4-7(12)9(13)8(6)11/h3-5,10,15H,14H2,1-2H3. The van der Waals surface area contributed by atoms with Crippen molar-refractivity contribution in [3.05, 3.63) is 33.8 Å². The Kier molecular flexibility index (Phi) is 4.19. The summed E-state index contributed by atoms with van der Waals surface area (Å²) < 4.78 is 26.3. The molecule has 0 radical (unpaired) electrons. The third-order valence-electron chi connectivity index (χ3n) is 2.25.